The van der Waals surface area contributed by atoms with Crippen LogP contribution in [0.25, 0.3) is 0 Å². The third kappa shape index (κ3) is 3.43. The van der Waals surface area contributed by atoms with Crippen molar-refractivity contribution >= 4 is 16.6 Å². The van der Waals surface area contributed by atoms with E-state index in [-0.39, 0.29) is 17.1 Å². The van der Waals surface area contributed by atoms with E-state index in [1.54, 1.807) is 17.0 Å². The molecule has 0 aliphatic carbocycles. The van der Waals surface area contributed by atoms with E-state index in [0.717, 1.165) is 12.8 Å². The highest BCUT2D eigenvalue weighted by molar-refractivity contribution is 7.85. The summed E-state index contributed by atoms with van der Waals surface area (Å²) in [4.78, 5) is 16.5. The number of aromatic nitrogens is 2. The van der Waals surface area contributed by atoms with Gasteiger partial charge in [-0.3, -0.25) is 9.00 Å². The lowest BCUT2D eigenvalue weighted by molar-refractivity contribution is 0.383. The maximum absolute atomic E-state index is 12.3. The van der Waals surface area contributed by atoms with Crippen molar-refractivity contribution in [3.8, 4) is 0 Å². The van der Waals surface area contributed by atoms with Gasteiger partial charge in [0.1, 0.15) is 0 Å². The normalized spacial score (nSPS) is 24.2. The Balaban J connectivity index is 2.18. The minimum atomic E-state index is -0.686. The summed E-state index contributed by atoms with van der Waals surface area (Å²) in [5.41, 5.74) is -0.355. The zero-order valence-corrected chi connectivity index (χ0v) is 12.5. The van der Waals surface area contributed by atoms with E-state index in [0.29, 0.717) is 17.3 Å². The topological polar surface area (TPSA) is 64.0 Å². The second kappa shape index (κ2) is 5.45. The molecule has 0 spiro atoms. The van der Waals surface area contributed by atoms with Crippen LogP contribution >= 0.6 is 0 Å². The smallest absolute Gasteiger partial charge is 0.293 e. The molecule has 1 aromatic heterocycles. The van der Waals surface area contributed by atoms with Crippen LogP contribution in [0.3, 0.4) is 0 Å². The number of hydrogen-bond donors (Lipinski definition) is 1. The average Bonchev–Trinajstić information content (AvgIpc) is 2.33. The summed E-state index contributed by atoms with van der Waals surface area (Å²) in [6.45, 7) is 5.96. The van der Waals surface area contributed by atoms with E-state index >= 15 is 0 Å². The van der Waals surface area contributed by atoms with Crippen molar-refractivity contribution in [2.45, 2.75) is 45.2 Å². The van der Waals surface area contributed by atoms with Gasteiger partial charge in [-0.1, -0.05) is 0 Å². The van der Waals surface area contributed by atoms with E-state index < -0.39 is 10.8 Å². The zero-order valence-electron chi connectivity index (χ0n) is 11.7. The highest BCUT2D eigenvalue weighted by Crippen LogP contribution is 2.14. The standard InChI is InChI=1S/C13H21N3O2S/c1-13(2,3)16-7-6-14-11(12(16)17)15-10-4-8-19(18)9-5-10/h6-7,10H,4-5,8-9H2,1-3H3,(H,14,15). The molecule has 0 radical (unpaired) electrons. The van der Waals surface area contributed by atoms with Gasteiger partial charge in [-0.05, 0) is 33.6 Å². The van der Waals surface area contributed by atoms with Crippen LogP contribution in [-0.4, -0.2) is 31.3 Å². The number of nitrogens with zero attached hydrogens (tertiary/aromatic N) is 2. The molecule has 1 aromatic rings. The molecule has 0 atom stereocenters. The molecule has 1 N–H and O–H groups in total. The average molecular weight is 283 g/mol. The van der Waals surface area contributed by atoms with Crippen LogP contribution < -0.4 is 10.9 Å². The van der Waals surface area contributed by atoms with Gasteiger partial charge in [-0.15, -0.1) is 0 Å². The number of hydrogen-bond acceptors (Lipinski definition) is 4. The van der Waals surface area contributed by atoms with Crippen LogP contribution in [0.1, 0.15) is 33.6 Å². The minimum Gasteiger partial charge on any atom is -0.363 e. The highest BCUT2D eigenvalue weighted by atomic mass is 32.2. The molecule has 6 heteroatoms. The van der Waals surface area contributed by atoms with Gasteiger partial charge < -0.3 is 9.88 Å². The van der Waals surface area contributed by atoms with E-state index in [2.05, 4.69) is 10.3 Å². The quantitative estimate of drug-likeness (QED) is 0.889. The maximum Gasteiger partial charge on any atom is 0.293 e. The Morgan fingerprint density at radius 3 is 2.58 bits per heavy atom. The molecule has 0 unspecified atom stereocenters. The molecule has 0 saturated carbocycles. The molecule has 1 saturated heterocycles. The summed E-state index contributed by atoms with van der Waals surface area (Å²) >= 11 is 0. The monoisotopic (exact) mass is 283 g/mol. The Morgan fingerprint density at radius 1 is 1.37 bits per heavy atom. The van der Waals surface area contributed by atoms with Crippen LogP contribution in [0.4, 0.5) is 5.82 Å². The molecule has 2 heterocycles. The Kier molecular flexibility index (Phi) is 4.08. The van der Waals surface area contributed by atoms with Crippen molar-refractivity contribution in [3.05, 3.63) is 22.7 Å². The van der Waals surface area contributed by atoms with Gasteiger partial charge in [-0.2, -0.15) is 0 Å². The highest BCUT2D eigenvalue weighted by Gasteiger charge is 2.21. The lowest BCUT2D eigenvalue weighted by Gasteiger charge is -2.25. The molecule has 5 nitrogen and oxygen atoms in total. The van der Waals surface area contributed by atoms with Crippen molar-refractivity contribution in [2.75, 3.05) is 16.8 Å². The molecule has 0 amide bonds. The van der Waals surface area contributed by atoms with Crippen molar-refractivity contribution < 1.29 is 4.21 Å². The van der Waals surface area contributed by atoms with E-state index in [1.807, 2.05) is 20.8 Å². The van der Waals surface area contributed by atoms with Crippen LogP contribution in [0.5, 0.6) is 0 Å². The van der Waals surface area contributed by atoms with Gasteiger partial charge in [0.05, 0.1) is 0 Å². The third-order valence-corrected chi connectivity index (χ3v) is 4.67. The summed E-state index contributed by atoms with van der Waals surface area (Å²) in [7, 11) is -0.686. The molecule has 106 valence electrons. The molecular formula is C13H21N3O2S. The summed E-state index contributed by atoms with van der Waals surface area (Å²) in [6.07, 6.45) is 5.02. The maximum atomic E-state index is 12.3. The molecular weight excluding hydrogens is 262 g/mol. The van der Waals surface area contributed by atoms with Crippen molar-refractivity contribution in [3.63, 3.8) is 0 Å². The first kappa shape index (κ1) is 14.2. The fourth-order valence-corrected chi connectivity index (χ4v) is 3.47. The van der Waals surface area contributed by atoms with Crippen molar-refractivity contribution in [1.29, 1.82) is 0 Å². The largest absolute Gasteiger partial charge is 0.363 e. The van der Waals surface area contributed by atoms with E-state index in [1.165, 1.54) is 0 Å². The molecule has 1 fully saturated rings. The molecule has 0 bridgehead atoms. The second-order valence-corrected chi connectivity index (χ2v) is 7.58. The van der Waals surface area contributed by atoms with Crippen LogP contribution in [-0.2, 0) is 16.3 Å². The fraction of sp³-hybridized carbons (Fsp3) is 0.692. The van der Waals surface area contributed by atoms with E-state index in [4.69, 9.17) is 0 Å². The number of anilines is 1. The van der Waals surface area contributed by atoms with Gasteiger partial charge in [-0.25, -0.2) is 4.98 Å². The van der Waals surface area contributed by atoms with Crippen LogP contribution in [0.15, 0.2) is 17.2 Å². The lowest BCUT2D eigenvalue weighted by Crippen LogP contribution is -2.38. The number of rotatable bonds is 2. The first-order valence-corrected chi connectivity index (χ1v) is 8.06. The van der Waals surface area contributed by atoms with Gasteiger partial charge in [0.25, 0.3) is 5.56 Å². The molecule has 1 aliphatic heterocycles. The molecule has 1 aliphatic rings. The van der Waals surface area contributed by atoms with Gasteiger partial charge >= 0.3 is 0 Å². The lowest BCUT2D eigenvalue weighted by atomic mass is 10.1. The molecule has 2 rings (SSSR count). The molecule has 19 heavy (non-hydrogen) atoms. The van der Waals surface area contributed by atoms with Gasteiger partial charge in [0, 0.05) is 46.3 Å². The predicted octanol–water partition coefficient (Wildman–Crippen LogP) is 1.32. The Morgan fingerprint density at radius 2 is 2.00 bits per heavy atom. The Bertz CT molecular complexity index is 523. The summed E-state index contributed by atoms with van der Waals surface area (Å²) in [5.74, 6) is 1.81. The summed E-state index contributed by atoms with van der Waals surface area (Å²) in [5, 5.41) is 3.20. The molecule has 0 aromatic carbocycles. The van der Waals surface area contributed by atoms with Crippen LogP contribution in [0.2, 0.25) is 0 Å². The first-order chi connectivity index (χ1) is 8.88. The number of nitrogens with one attached hydrogen (secondary N) is 1. The van der Waals surface area contributed by atoms with Crippen molar-refractivity contribution in [2.24, 2.45) is 0 Å². The third-order valence-electron chi connectivity index (χ3n) is 3.29. The Labute approximate surface area is 115 Å². The van der Waals surface area contributed by atoms with Gasteiger partial charge in [0.2, 0.25) is 0 Å². The Hall–Kier alpha value is -1.17. The van der Waals surface area contributed by atoms with Crippen LogP contribution in [0, 0.1) is 0 Å². The second-order valence-electron chi connectivity index (χ2n) is 5.89. The van der Waals surface area contributed by atoms with Crippen molar-refractivity contribution in [1.82, 2.24) is 9.55 Å². The summed E-state index contributed by atoms with van der Waals surface area (Å²) < 4.78 is 13.0. The van der Waals surface area contributed by atoms with Gasteiger partial charge in [0.15, 0.2) is 5.82 Å². The SMILES string of the molecule is CC(C)(C)n1ccnc(NC2CCS(=O)CC2)c1=O. The minimum absolute atomic E-state index is 0.0957. The predicted molar refractivity (Wildman–Crippen MR) is 78.0 cm³/mol. The first-order valence-electron chi connectivity index (χ1n) is 6.57. The van der Waals surface area contributed by atoms with E-state index in [9.17, 15) is 9.00 Å². The summed E-state index contributed by atoms with van der Waals surface area (Å²) in [6, 6.07) is 0.203. The zero-order chi connectivity index (χ0) is 14.0. The fourth-order valence-electron chi connectivity index (χ4n) is 2.17.